The summed E-state index contributed by atoms with van der Waals surface area (Å²) in [6.07, 6.45) is 4.89. The molecule has 5 nitrogen and oxygen atoms in total. The monoisotopic (exact) mass is 401 g/mol. The fourth-order valence-electron chi connectivity index (χ4n) is 4.35. The Morgan fingerprint density at radius 1 is 1.10 bits per heavy atom. The van der Waals surface area contributed by atoms with Crippen LogP contribution in [0.25, 0.3) is 10.9 Å². The number of aromatic nitrogens is 1. The van der Waals surface area contributed by atoms with Gasteiger partial charge in [-0.3, -0.25) is 14.6 Å². The van der Waals surface area contributed by atoms with Crippen LogP contribution in [0, 0.1) is 0 Å². The molecule has 0 unspecified atom stereocenters. The third kappa shape index (κ3) is 4.51. The number of nitrogens with one attached hydrogen (secondary N) is 1. The van der Waals surface area contributed by atoms with Crippen LogP contribution in [0.4, 0.5) is 0 Å². The Morgan fingerprint density at radius 3 is 2.70 bits per heavy atom. The number of hydrogen-bond acceptors (Lipinski definition) is 3. The first kappa shape index (κ1) is 20.1. The van der Waals surface area contributed by atoms with Gasteiger partial charge in [0.25, 0.3) is 0 Å². The number of carbonyl (C=O) groups excluding carboxylic acids is 2. The normalized spacial score (nSPS) is 18.4. The van der Waals surface area contributed by atoms with Crippen LogP contribution in [0.3, 0.4) is 0 Å². The van der Waals surface area contributed by atoms with Gasteiger partial charge in [-0.15, -0.1) is 0 Å². The van der Waals surface area contributed by atoms with E-state index in [1.165, 1.54) is 5.56 Å². The molecule has 2 amide bonds. The molecule has 2 aromatic carbocycles. The van der Waals surface area contributed by atoms with Gasteiger partial charge in [0.05, 0.1) is 5.52 Å². The van der Waals surface area contributed by atoms with Crippen molar-refractivity contribution in [3.8, 4) is 0 Å². The molecule has 5 heteroatoms. The minimum absolute atomic E-state index is 0.0787. The molecule has 1 fully saturated rings. The lowest BCUT2D eigenvalue weighted by Crippen LogP contribution is -2.44. The minimum Gasteiger partial charge on any atom is -0.350 e. The Labute approximate surface area is 177 Å². The Morgan fingerprint density at radius 2 is 1.93 bits per heavy atom. The van der Waals surface area contributed by atoms with Crippen molar-refractivity contribution in [2.24, 2.45) is 0 Å². The maximum absolute atomic E-state index is 12.9. The third-order valence-electron chi connectivity index (χ3n) is 6.01. The Balaban J connectivity index is 1.42. The maximum Gasteiger partial charge on any atom is 0.222 e. The lowest BCUT2D eigenvalue weighted by molar-refractivity contribution is -0.131. The lowest BCUT2D eigenvalue weighted by Gasteiger charge is -2.30. The summed E-state index contributed by atoms with van der Waals surface area (Å²) >= 11 is 0. The van der Waals surface area contributed by atoms with Gasteiger partial charge in [0.15, 0.2) is 0 Å². The smallest absolute Gasteiger partial charge is 0.222 e. The molecular formula is C25H27N3O2. The van der Waals surface area contributed by atoms with E-state index < -0.39 is 0 Å². The molecule has 0 radical (unpaired) electrons. The molecule has 30 heavy (non-hydrogen) atoms. The third-order valence-corrected chi connectivity index (χ3v) is 6.01. The predicted molar refractivity (Wildman–Crippen MR) is 118 cm³/mol. The fraction of sp³-hybridized carbons (Fsp3) is 0.320. The summed E-state index contributed by atoms with van der Waals surface area (Å²) in [7, 11) is 1.84. The molecule has 1 aromatic heterocycles. The van der Waals surface area contributed by atoms with Gasteiger partial charge in [-0.25, -0.2) is 0 Å². The highest BCUT2D eigenvalue weighted by Gasteiger charge is 2.38. The second-order valence-electron chi connectivity index (χ2n) is 8.23. The van der Waals surface area contributed by atoms with Crippen molar-refractivity contribution in [2.45, 2.75) is 44.2 Å². The molecule has 2 heterocycles. The first-order valence-electron chi connectivity index (χ1n) is 10.5. The first-order valence-corrected chi connectivity index (χ1v) is 10.5. The average Bonchev–Trinajstić information content (AvgIpc) is 3.13. The van der Waals surface area contributed by atoms with E-state index in [9.17, 15) is 9.59 Å². The number of benzene rings is 2. The second kappa shape index (κ2) is 8.66. The zero-order chi connectivity index (χ0) is 21.0. The molecule has 0 spiro atoms. The number of nitrogens with zero attached hydrogens (tertiary/aromatic N) is 2. The largest absolute Gasteiger partial charge is 0.350 e. The number of carbonyl (C=O) groups is 2. The minimum atomic E-state index is -0.335. The van der Waals surface area contributed by atoms with E-state index in [0.717, 1.165) is 29.3 Å². The van der Waals surface area contributed by atoms with Crippen LogP contribution in [0.5, 0.6) is 0 Å². The molecule has 1 atom stereocenters. The molecule has 3 aromatic rings. The van der Waals surface area contributed by atoms with Crippen LogP contribution in [0.2, 0.25) is 0 Å². The predicted octanol–water partition coefficient (Wildman–Crippen LogP) is 3.86. The van der Waals surface area contributed by atoms with E-state index in [1.54, 1.807) is 11.1 Å². The van der Waals surface area contributed by atoms with Crippen molar-refractivity contribution < 1.29 is 9.59 Å². The number of pyridine rings is 1. The summed E-state index contributed by atoms with van der Waals surface area (Å²) in [5, 5.41) is 4.24. The van der Waals surface area contributed by atoms with E-state index in [4.69, 9.17) is 0 Å². The quantitative estimate of drug-likeness (QED) is 0.654. The van der Waals surface area contributed by atoms with Crippen molar-refractivity contribution in [3.63, 3.8) is 0 Å². The number of amides is 2. The Bertz CT molecular complexity index is 1050. The van der Waals surface area contributed by atoms with Gasteiger partial charge in [0, 0.05) is 43.6 Å². The van der Waals surface area contributed by atoms with Crippen LogP contribution in [-0.2, 0) is 22.6 Å². The van der Waals surface area contributed by atoms with Crippen LogP contribution < -0.4 is 5.32 Å². The maximum atomic E-state index is 12.9. The van der Waals surface area contributed by atoms with Gasteiger partial charge < -0.3 is 10.2 Å². The first-order chi connectivity index (χ1) is 14.5. The molecule has 1 saturated heterocycles. The Hall–Kier alpha value is -3.21. The van der Waals surface area contributed by atoms with Crippen LogP contribution in [0.15, 0.2) is 66.9 Å². The summed E-state index contributed by atoms with van der Waals surface area (Å²) in [6, 6.07) is 20.1. The molecular weight excluding hydrogens is 374 g/mol. The van der Waals surface area contributed by atoms with Gasteiger partial charge in [0.2, 0.25) is 11.8 Å². The summed E-state index contributed by atoms with van der Waals surface area (Å²) in [6.45, 7) is 0.542. The van der Waals surface area contributed by atoms with E-state index in [0.29, 0.717) is 25.8 Å². The topological polar surface area (TPSA) is 62.3 Å². The highest BCUT2D eigenvalue weighted by atomic mass is 16.2. The lowest BCUT2D eigenvalue weighted by atomic mass is 9.85. The molecule has 0 aliphatic carbocycles. The zero-order valence-corrected chi connectivity index (χ0v) is 17.3. The van der Waals surface area contributed by atoms with Gasteiger partial charge in [-0.1, -0.05) is 48.5 Å². The number of hydrogen-bond donors (Lipinski definition) is 1. The molecule has 0 bridgehead atoms. The van der Waals surface area contributed by atoms with Gasteiger partial charge in [-0.05, 0) is 42.5 Å². The van der Waals surface area contributed by atoms with E-state index in [2.05, 4.69) is 22.4 Å². The van der Waals surface area contributed by atoms with Gasteiger partial charge >= 0.3 is 0 Å². The highest BCUT2D eigenvalue weighted by molar-refractivity contribution is 5.83. The fourth-order valence-corrected chi connectivity index (χ4v) is 4.35. The van der Waals surface area contributed by atoms with Crippen molar-refractivity contribution in [2.75, 3.05) is 7.05 Å². The van der Waals surface area contributed by atoms with E-state index >= 15 is 0 Å². The van der Waals surface area contributed by atoms with Gasteiger partial charge in [-0.2, -0.15) is 0 Å². The molecule has 1 aliphatic heterocycles. The summed E-state index contributed by atoms with van der Waals surface area (Å²) in [5.74, 6) is 0.166. The highest BCUT2D eigenvalue weighted by Crippen LogP contribution is 2.30. The van der Waals surface area contributed by atoms with E-state index in [1.807, 2.05) is 55.6 Å². The van der Waals surface area contributed by atoms with Crippen LogP contribution >= 0.6 is 0 Å². The average molecular weight is 402 g/mol. The number of fused-ring (bicyclic) bond motifs is 1. The summed E-state index contributed by atoms with van der Waals surface area (Å²) < 4.78 is 0. The molecule has 1 aliphatic rings. The SMILES string of the molecule is CN(Cc1cccc2ncccc12)C(=O)CC[C@]1(Cc2ccccc2)CCC(=O)N1. The molecule has 0 saturated carbocycles. The van der Waals surface area contributed by atoms with Crippen LogP contribution in [0.1, 0.15) is 36.8 Å². The van der Waals surface area contributed by atoms with Crippen LogP contribution in [-0.4, -0.2) is 34.3 Å². The zero-order valence-electron chi connectivity index (χ0n) is 17.3. The summed E-state index contributed by atoms with van der Waals surface area (Å²) in [5.41, 5.74) is 2.87. The van der Waals surface area contributed by atoms with E-state index in [-0.39, 0.29) is 17.4 Å². The number of rotatable bonds is 7. The van der Waals surface area contributed by atoms with Crippen molar-refractivity contribution >= 4 is 22.7 Å². The molecule has 4 rings (SSSR count). The second-order valence-corrected chi connectivity index (χ2v) is 8.23. The standard InChI is InChI=1S/C25H27N3O2/c1-28(18-20-9-5-11-22-21(20)10-6-16-26-22)24(30)13-15-25(14-12-23(29)27-25)17-19-7-3-2-4-8-19/h2-11,16H,12-15,17-18H2,1H3,(H,27,29)/t25-/m0/s1. The van der Waals surface area contributed by atoms with Crippen molar-refractivity contribution in [3.05, 3.63) is 78.0 Å². The summed E-state index contributed by atoms with van der Waals surface area (Å²) in [4.78, 5) is 31.1. The van der Waals surface area contributed by atoms with Crippen molar-refractivity contribution in [1.82, 2.24) is 15.2 Å². The van der Waals surface area contributed by atoms with Crippen molar-refractivity contribution in [1.29, 1.82) is 0 Å². The molecule has 154 valence electrons. The van der Waals surface area contributed by atoms with Gasteiger partial charge in [0.1, 0.15) is 0 Å². The Kier molecular flexibility index (Phi) is 5.79. The molecule has 1 N–H and O–H groups in total.